The maximum absolute atomic E-state index is 13.3. The maximum atomic E-state index is 13.3. The summed E-state index contributed by atoms with van der Waals surface area (Å²) in [5.41, 5.74) is 5.23. The first-order valence-corrected chi connectivity index (χ1v) is 15.2. The van der Waals surface area contributed by atoms with Crippen molar-refractivity contribution in [3.63, 3.8) is 0 Å². The van der Waals surface area contributed by atoms with E-state index in [0.29, 0.717) is 30.0 Å². The van der Waals surface area contributed by atoms with Crippen molar-refractivity contribution in [2.24, 2.45) is 0 Å². The van der Waals surface area contributed by atoms with Gasteiger partial charge in [-0.1, -0.05) is 29.8 Å². The number of sulfone groups is 1. The highest BCUT2D eigenvalue weighted by molar-refractivity contribution is 7.90. The first kappa shape index (κ1) is 27.9. The van der Waals surface area contributed by atoms with Gasteiger partial charge in [0.25, 0.3) is 5.91 Å². The van der Waals surface area contributed by atoms with E-state index in [1.807, 2.05) is 0 Å². The Morgan fingerprint density at radius 3 is 2.48 bits per heavy atom. The van der Waals surface area contributed by atoms with Gasteiger partial charge >= 0.3 is 0 Å². The molecule has 0 aromatic heterocycles. The second-order valence-electron chi connectivity index (χ2n) is 10.3. The molecule has 0 radical (unpaired) electrons. The standard InChI is InChI=1S/C29H30ClFN4O4S/c1-18-3-4-19(2)27(13-18)34-9-11-35(12-10-34)29(37)20-6-8-24-25(14-20)33-28(36)26(32-24)17-40(38,39)16-21-5-7-22(31)15-23(21)30/h3-8,13-15,26,32H,9-12,16-17H2,1-2H3,(H,33,36). The van der Waals surface area contributed by atoms with Crippen molar-refractivity contribution in [2.45, 2.75) is 25.6 Å². The summed E-state index contributed by atoms with van der Waals surface area (Å²) in [4.78, 5) is 30.2. The predicted molar refractivity (Wildman–Crippen MR) is 155 cm³/mol. The van der Waals surface area contributed by atoms with Gasteiger partial charge in [0.05, 0.1) is 22.9 Å². The van der Waals surface area contributed by atoms with Crippen LogP contribution in [-0.2, 0) is 20.4 Å². The lowest BCUT2D eigenvalue weighted by Crippen LogP contribution is -2.49. The van der Waals surface area contributed by atoms with Crippen LogP contribution in [-0.4, -0.2) is 63.1 Å². The summed E-state index contributed by atoms with van der Waals surface area (Å²) in [6.45, 7) is 6.75. The summed E-state index contributed by atoms with van der Waals surface area (Å²) in [7, 11) is -3.77. The molecule has 2 aliphatic heterocycles. The number of carbonyl (C=O) groups is 2. The first-order valence-electron chi connectivity index (χ1n) is 13.0. The number of rotatable bonds is 6. The molecule has 0 bridgehead atoms. The number of aryl methyl sites for hydroxylation is 2. The maximum Gasteiger partial charge on any atom is 0.254 e. The van der Waals surface area contributed by atoms with E-state index in [-0.39, 0.29) is 16.5 Å². The van der Waals surface area contributed by atoms with Crippen molar-refractivity contribution < 1.29 is 22.4 Å². The Morgan fingerprint density at radius 2 is 1.75 bits per heavy atom. The Labute approximate surface area is 238 Å². The number of fused-ring (bicyclic) bond motifs is 1. The van der Waals surface area contributed by atoms with E-state index < -0.39 is 39.1 Å². The van der Waals surface area contributed by atoms with Gasteiger partial charge in [-0.25, -0.2) is 12.8 Å². The summed E-state index contributed by atoms with van der Waals surface area (Å²) < 4.78 is 38.9. The quantitative estimate of drug-likeness (QED) is 0.445. The summed E-state index contributed by atoms with van der Waals surface area (Å²) in [6.07, 6.45) is 0. The smallest absolute Gasteiger partial charge is 0.254 e. The lowest BCUT2D eigenvalue weighted by atomic mass is 10.1. The Morgan fingerprint density at radius 1 is 1.00 bits per heavy atom. The van der Waals surface area contributed by atoms with Gasteiger partial charge in [0.2, 0.25) is 5.91 Å². The van der Waals surface area contributed by atoms with Crippen molar-refractivity contribution >= 4 is 50.3 Å². The zero-order valence-electron chi connectivity index (χ0n) is 22.2. The van der Waals surface area contributed by atoms with Crippen molar-refractivity contribution in [3.8, 4) is 0 Å². The molecular weight excluding hydrogens is 555 g/mol. The molecule has 1 unspecified atom stereocenters. The minimum atomic E-state index is -3.77. The zero-order valence-corrected chi connectivity index (χ0v) is 23.8. The third-order valence-corrected chi connectivity index (χ3v) is 9.20. The van der Waals surface area contributed by atoms with Crippen LogP contribution in [0.5, 0.6) is 0 Å². The van der Waals surface area contributed by atoms with E-state index in [4.69, 9.17) is 11.6 Å². The van der Waals surface area contributed by atoms with Gasteiger partial charge in [0.1, 0.15) is 11.9 Å². The molecule has 3 aromatic carbocycles. The van der Waals surface area contributed by atoms with Gasteiger partial charge < -0.3 is 20.4 Å². The van der Waals surface area contributed by atoms with Crippen molar-refractivity contribution in [2.75, 3.05) is 47.5 Å². The van der Waals surface area contributed by atoms with E-state index in [9.17, 15) is 22.4 Å². The second-order valence-corrected chi connectivity index (χ2v) is 12.8. The van der Waals surface area contributed by atoms with Crippen LogP contribution >= 0.6 is 11.6 Å². The van der Waals surface area contributed by atoms with Crippen LogP contribution in [0.2, 0.25) is 5.02 Å². The summed E-state index contributed by atoms with van der Waals surface area (Å²) in [5.74, 6) is -2.11. The van der Waals surface area contributed by atoms with Crippen LogP contribution in [0.1, 0.15) is 27.0 Å². The second kappa shape index (κ2) is 11.1. The predicted octanol–water partition coefficient (Wildman–Crippen LogP) is 4.41. The average molecular weight is 585 g/mol. The van der Waals surface area contributed by atoms with Gasteiger partial charge in [-0.3, -0.25) is 9.59 Å². The minimum Gasteiger partial charge on any atom is -0.371 e. The molecule has 0 aliphatic carbocycles. The monoisotopic (exact) mass is 584 g/mol. The number of anilines is 3. The highest BCUT2D eigenvalue weighted by Crippen LogP contribution is 2.30. The van der Waals surface area contributed by atoms with Gasteiger partial charge in [-0.05, 0) is 66.9 Å². The molecule has 11 heteroatoms. The van der Waals surface area contributed by atoms with E-state index in [0.717, 1.165) is 25.2 Å². The summed E-state index contributed by atoms with van der Waals surface area (Å²) >= 11 is 5.98. The lowest BCUT2D eigenvalue weighted by molar-refractivity contribution is -0.116. The van der Waals surface area contributed by atoms with Crippen LogP contribution in [0, 0.1) is 19.7 Å². The van der Waals surface area contributed by atoms with Crippen LogP contribution < -0.4 is 15.5 Å². The molecule has 8 nitrogen and oxygen atoms in total. The Kier molecular flexibility index (Phi) is 7.74. The fourth-order valence-electron chi connectivity index (χ4n) is 5.08. The summed E-state index contributed by atoms with van der Waals surface area (Å²) in [5, 5.41) is 5.72. The van der Waals surface area contributed by atoms with Gasteiger partial charge in [0.15, 0.2) is 9.84 Å². The number of amides is 2. The number of carbonyl (C=O) groups excluding carboxylic acids is 2. The molecular formula is C29H30ClFN4O4S. The number of hydrogen-bond acceptors (Lipinski definition) is 6. The third-order valence-electron chi connectivity index (χ3n) is 7.25. The van der Waals surface area contributed by atoms with Crippen LogP contribution in [0.4, 0.5) is 21.5 Å². The van der Waals surface area contributed by atoms with Gasteiger partial charge in [-0.2, -0.15) is 0 Å². The lowest BCUT2D eigenvalue weighted by Gasteiger charge is -2.37. The van der Waals surface area contributed by atoms with E-state index in [2.05, 4.69) is 47.6 Å². The molecule has 1 fully saturated rings. The van der Waals surface area contributed by atoms with Crippen molar-refractivity contribution in [1.29, 1.82) is 0 Å². The molecule has 5 rings (SSSR count). The Balaban J connectivity index is 1.22. The van der Waals surface area contributed by atoms with E-state index >= 15 is 0 Å². The molecule has 0 saturated carbocycles. The number of nitrogens with one attached hydrogen (secondary N) is 2. The minimum absolute atomic E-state index is 0.0128. The van der Waals surface area contributed by atoms with Crippen molar-refractivity contribution in [3.05, 3.63) is 87.7 Å². The first-order chi connectivity index (χ1) is 19.0. The fraction of sp³-hybridized carbons (Fsp3) is 0.310. The zero-order chi connectivity index (χ0) is 28.6. The van der Waals surface area contributed by atoms with Crippen LogP contribution in [0.15, 0.2) is 54.6 Å². The molecule has 2 aliphatic rings. The molecule has 3 aromatic rings. The fourth-order valence-corrected chi connectivity index (χ4v) is 6.98. The number of nitrogens with zero attached hydrogens (tertiary/aromatic N) is 2. The Bertz CT molecular complexity index is 1590. The normalized spacial score (nSPS) is 17.2. The van der Waals surface area contributed by atoms with E-state index in [1.165, 1.54) is 22.9 Å². The van der Waals surface area contributed by atoms with Crippen LogP contribution in [0.25, 0.3) is 0 Å². The molecule has 1 atom stereocenters. The number of benzene rings is 3. The molecule has 2 heterocycles. The molecule has 1 saturated heterocycles. The average Bonchev–Trinajstić information content (AvgIpc) is 2.91. The number of hydrogen-bond donors (Lipinski definition) is 2. The SMILES string of the molecule is Cc1ccc(C)c(N2CCN(C(=O)c3ccc4c(c3)NC(=O)C(CS(=O)(=O)Cc3ccc(F)cc3Cl)N4)CC2)c1. The molecule has 210 valence electrons. The number of piperazine rings is 1. The molecule has 0 spiro atoms. The van der Waals surface area contributed by atoms with Crippen molar-refractivity contribution in [1.82, 2.24) is 4.90 Å². The topological polar surface area (TPSA) is 98.8 Å². The van der Waals surface area contributed by atoms with Crippen LogP contribution in [0.3, 0.4) is 0 Å². The highest BCUT2D eigenvalue weighted by Gasteiger charge is 2.32. The Hall–Kier alpha value is -3.63. The van der Waals surface area contributed by atoms with Gasteiger partial charge in [0, 0.05) is 42.5 Å². The largest absolute Gasteiger partial charge is 0.371 e. The third kappa shape index (κ3) is 6.08. The molecule has 40 heavy (non-hydrogen) atoms. The van der Waals surface area contributed by atoms with Gasteiger partial charge in [-0.15, -0.1) is 0 Å². The highest BCUT2D eigenvalue weighted by atomic mass is 35.5. The molecule has 2 amide bonds. The molecule has 2 N–H and O–H groups in total. The summed E-state index contributed by atoms with van der Waals surface area (Å²) in [6, 6.07) is 13.8. The van der Waals surface area contributed by atoms with E-state index in [1.54, 1.807) is 23.1 Å². The number of halogens is 2.